The van der Waals surface area contributed by atoms with Gasteiger partial charge in [-0.1, -0.05) is 66.7 Å². The van der Waals surface area contributed by atoms with Crippen molar-refractivity contribution in [1.29, 1.82) is 0 Å². The lowest BCUT2D eigenvalue weighted by Crippen LogP contribution is -2.59. The van der Waals surface area contributed by atoms with Crippen molar-refractivity contribution in [2.24, 2.45) is 11.8 Å². The van der Waals surface area contributed by atoms with Gasteiger partial charge in [0.1, 0.15) is 11.0 Å². The summed E-state index contributed by atoms with van der Waals surface area (Å²) < 4.78 is 79.6. The summed E-state index contributed by atoms with van der Waals surface area (Å²) in [6.07, 6.45) is 5.58. The number of rotatable bonds is 18. The number of unbranched alkanes of at least 4 members (excludes halogenated alkanes) is 3. The largest absolute Gasteiger partial charge is 0.455 e. The van der Waals surface area contributed by atoms with Crippen molar-refractivity contribution in [1.82, 2.24) is 20.1 Å². The molecule has 1 fully saturated rings. The van der Waals surface area contributed by atoms with Crippen LogP contribution in [0.15, 0.2) is 5.38 Å². The molecule has 3 rings (SSSR count). The lowest BCUT2D eigenvalue weighted by molar-refractivity contribution is -0.149. The van der Waals surface area contributed by atoms with Gasteiger partial charge in [-0.2, -0.15) is 8.78 Å². The van der Waals surface area contributed by atoms with Crippen LogP contribution in [0.2, 0.25) is 0 Å². The van der Waals surface area contributed by atoms with Gasteiger partial charge in [0, 0.05) is 31.3 Å². The van der Waals surface area contributed by atoms with Crippen LogP contribution in [0.3, 0.4) is 0 Å². The topological polar surface area (TPSA) is 118 Å². The van der Waals surface area contributed by atoms with Crippen molar-refractivity contribution >= 4 is 35.1 Å². The van der Waals surface area contributed by atoms with Crippen LogP contribution in [-0.2, 0) is 19.1 Å². The number of esters is 2. The number of carbonyl (C=O) groups is 4. The average molecular weight is 775 g/mol. The van der Waals surface area contributed by atoms with Crippen LogP contribution in [-0.4, -0.2) is 76.8 Å². The summed E-state index contributed by atoms with van der Waals surface area (Å²) in [7, 11) is 1.90. The minimum absolute atomic E-state index is 0.0307. The Labute approximate surface area is 311 Å². The summed E-state index contributed by atoms with van der Waals surface area (Å²) >= 11 is 0.843. The van der Waals surface area contributed by atoms with Gasteiger partial charge >= 0.3 is 11.9 Å². The molecule has 1 saturated heterocycles. The van der Waals surface area contributed by atoms with Crippen LogP contribution in [0.4, 0.5) is 22.0 Å². The van der Waals surface area contributed by atoms with Crippen molar-refractivity contribution in [3.8, 4) is 5.75 Å². The molecule has 0 saturated carbocycles. The van der Waals surface area contributed by atoms with E-state index in [1.54, 1.807) is 4.90 Å². The van der Waals surface area contributed by atoms with E-state index in [4.69, 9.17) is 4.74 Å². The van der Waals surface area contributed by atoms with Crippen LogP contribution in [0.5, 0.6) is 5.75 Å². The Morgan fingerprint density at radius 2 is 1.62 bits per heavy atom. The van der Waals surface area contributed by atoms with Gasteiger partial charge in [-0.05, 0) is 44.7 Å². The van der Waals surface area contributed by atoms with E-state index in [0.717, 1.165) is 55.4 Å². The summed E-state index contributed by atoms with van der Waals surface area (Å²) in [6, 6.07) is -1.73. The highest BCUT2D eigenvalue weighted by molar-refractivity contribution is 7.09. The molecule has 296 valence electrons. The molecule has 0 unspecified atom stereocenters. The molecule has 0 bridgehead atoms. The number of hydrogen-bond donors (Lipinski definition) is 1. The number of ether oxygens (including phenoxy) is 2. The van der Waals surface area contributed by atoms with E-state index in [-0.39, 0.29) is 41.1 Å². The Morgan fingerprint density at radius 3 is 2.19 bits per heavy atom. The van der Waals surface area contributed by atoms with Gasteiger partial charge in [-0.15, -0.1) is 11.3 Å². The predicted molar refractivity (Wildman–Crippen MR) is 189 cm³/mol. The predicted octanol–water partition coefficient (Wildman–Crippen LogP) is 7.50. The highest BCUT2D eigenvalue weighted by Crippen LogP contribution is 2.33. The Bertz CT molecular complexity index is 1560. The zero-order valence-corrected chi connectivity index (χ0v) is 32.2. The van der Waals surface area contributed by atoms with Crippen molar-refractivity contribution < 1.29 is 50.6 Å². The first-order valence-corrected chi connectivity index (χ1v) is 19.1. The van der Waals surface area contributed by atoms with Gasteiger partial charge in [0.2, 0.25) is 46.6 Å². The van der Waals surface area contributed by atoms with E-state index in [2.05, 4.69) is 22.0 Å². The second-order valence-corrected chi connectivity index (χ2v) is 14.9. The SMILES string of the molecule is CCCCCCN(C(=O)[C@@H](NC(=O)[C@H]1CCCCN1C)[C@@H](C)CC)[C@H](C[C@@H](OC(C)=O)c1nc(C(=O)Oc2c(F)c(F)c(F)c(F)c2F)cs1)C(C)C. The molecule has 2 aromatic rings. The molecule has 5 atom stereocenters. The fourth-order valence-electron chi connectivity index (χ4n) is 6.39. The first-order valence-electron chi connectivity index (χ1n) is 18.2. The second-order valence-electron chi connectivity index (χ2n) is 14.0. The first kappa shape index (κ1) is 43.7. The first-order chi connectivity index (χ1) is 25.0. The number of nitrogens with zero attached hydrogens (tertiary/aromatic N) is 3. The zero-order valence-electron chi connectivity index (χ0n) is 31.4. The van der Waals surface area contributed by atoms with E-state index in [9.17, 15) is 41.1 Å². The monoisotopic (exact) mass is 774 g/mol. The Balaban J connectivity index is 1.96. The highest BCUT2D eigenvalue weighted by Gasteiger charge is 2.39. The van der Waals surface area contributed by atoms with Crippen molar-refractivity contribution in [2.45, 2.75) is 124 Å². The molecule has 16 heteroatoms. The smallest absolute Gasteiger partial charge is 0.363 e. The number of likely N-dealkylation sites (tertiary alicyclic amines) is 1. The van der Waals surface area contributed by atoms with Gasteiger partial charge in [0.05, 0.1) is 6.04 Å². The highest BCUT2D eigenvalue weighted by atomic mass is 32.1. The molecule has 53 heavy (non-hydrogen) atoms. The third-order valence-electron chi connectivity index (χ3n) is 9.69. The number of thiazole rings is 1. The molecule has 1 N–H and O–H groups in total. The normalized spacial score (nSPS) is 17.2. The minimum atomic E-state index is -2.41. The molecule has 1 aliphatic heterocycles. The third kappa shape index (κ3) is 11.2. The minimum Gasteiger partial charge on any atom is -0.455 e. The molecule has 0 radical (unpaired) electrons. The lowest BCUT2D eigenvalue weighted by atomic mass is 9.91. The Kier molecular flexibility index (Phi) is 16.6. The number of aromatic nitrogens is 1. The maximum absolute atomic E-state index is 14.7. The fourth-order valence-corrected chi connectivity index (χ4v) is 7.22. The molecule has 1 aromatic carbocycles. The van der Waals surface area contributed by atoms with Gasteiger partial charge in [-0.3, -0.25) is 19.3 Å². The average Bonchev–Trinajstić information content (AvgIpc) is 3.63. The van der Waals surface area contributed by atoms with Crippen LogP contribution in [0, 0.1) is 40.9 Å². The van der Waals surface area contributed by atoms with E-state index in [0.29, 0.717) is 25.8 Å². The van der Waals surface area contributed by atoms with Gasteiger partial charge in [0.25, 0.3) is 0 Å². The van der Waals surface area contributed by atoms with Crippen LogP contribution in [0.25, 0.3) is 0 Å². The van der Waals surface area contributed by atoms with Gasteiger partial charge in [0.15, 0.2) is 11.8 Å². The lowest BCUT2D eigenvalue weighted by Gasteiger charge is -2.40. The summed E-state index contributed by atoms with van der Waals surface area (Å²) in [5.41, 5.74) is -0.535. The van der Waals surface area contributed by atoms with Crippen molar-refractivity contribution in [3.63, 3.8) is 0 Å². The summed E-state index contributed by atoms with van der Waals surface area (Å²) in [5.74, 6) is -16.5. The molecule has 1 aliphatic rings. The quantitative estimate of drug-likeness (QED) is 0.0414. The Morgan fingerprint density at radius 1 is 0.981 bits per heavy atom. The maximum atomic E-state index is 14.7. The molecule has 10 nitrogen and oxygen atoms in total. The molecule has 0 aliphatic carbocycles. The number of nitrogens with one attached hydrogen (secondary N) is 1. The van der Waals surface area contributed by atoms with Crippen LogP contribution in [0.1, 0.15) is 121 Å². The van der Waals surface area contributed by atoms with Gasteiger partial charge in [-0.25, -0.2) is 22.9 Å². The number of piperidine rings is 1. The number of carbonyl (C=O) groups excluding carboxylic acids is 4. The van der Waals surface area contributed by atoms with E-state index >= 15 is 0 Å². The zero-order chi connectivity index (χ0) is 39.6. The van der Waals surface area contributed by atoms with E-state index < -0.39 is 70.7 Å². The third-order valence-corrected chi connectivity index (χ3v) is 10.6. The summed E-state index contributed by atoms with van der Waals surface area (Å²) in [6.45, 7) is 12.1. The Hall–Kier alpha value is -3.66. The molecular weight excluding hydrogens is 723 g/mol. The molecule has 2 heterocycles. The number of halogens is 5. The van der Waals surface area contributed by atoms with E-state index in [1.807, 2.05) is 39.6 Å². The molecule has 0 spiro atoms. The van der Waals surface area contributed by atoms with Crippen LogP contribution >= 0.6 is 11.3 Å². The number of amides is 2. The van der Waals surface area contributed by atoms with E-state index in [1.165, 1.54) is 6.92 Å². The fraction of sp³-hybridized carbons (Fsp3) is 0.649. The summed E-state index contributed by atoms with van der Waals surface area (Å²) in [5, 5.41) is 4.28. The molecule has 2 amide bonds. The van der Waals surface area contributed by atoms with Crippen molar-refractivity contribution in [2.75, 3.05) is 20.1 Å². The van der Waals surface area contributed by atoms with Gasteiger partial charge < -0.3 is 19.7 Å². The number of likely N-dealkylation sites (N-methyl/N-ethyl adjacent to an activating group) is 1. The second kappa shape index (κ2) is 20.1. The number of hydrogen-bond acceptors (Lipinski definition) is 9. The molecule has 1 aromatic heterocycles. The standard InChI is InChI=1S/C37H51F5N4O6S/c1-8-10-11-13-17-46(36(49)32(21(5)9-2)44-34(48)24-15-12-14-16-45(24)7)25(20(3)4)18-26(51-22(6)47)35-43-23(19-53-35)37(50)52-33-30(41)28(39)27(38)29(40)31(33)42/h19-21,24-26,32H,8-18H2,1-7H3,(H,44,48)/t21-,24+,25+,26+,32-/m0/s1. The maximum Gasteiger partial charge on any atom is 0.363 e. The number of benzene rings is 1. The molecular formula is C37H51F5N4O6S. The van der Waals surface area contributed by atoms with Crippen molar-refractivity contribution in [3.05, 3.63) is 45.2 Å². The summed E-state index contributed by atoms with van der Waals surface area (Å²) in [4.78, 5) is 61.3. The van der Waals surface area contributed by atoms with Crippen LogP contribution < -0.4 is 10.1 Å².